The van der Waals surface area contributed by atoms with Crippen LogP contribution in [0.15, 0.2) is 71.1 Å². The van der Waals surface area contributed by atoms with Gasteiger partial charge in [-0.15, -0.1) is 0 Å². The summed E-state index contributed by atoms with van der Waals surface area (Å²) in [7, 11) is -1.39. The van der Waals surface area contributed by atoms with Crippen LogP contribution < -0.4 is 5.32 Å². The van der Waals surface area contributed by atoms with Crippen molar-refractivity contribution in [3.05, 3.63) is 67.0 Å². The number of imidazole rings is 1. The van der Waals surface area contributed by atoms with Crippen LogP contribution in [0, 0.1) is 5.82 Å². The first-order valence-corrected chi connectivity index (χ1v) is 9.53. The Labute approximate surface area is 160 Å². The number of aromatic amines is 2. The Morgan fingerprint density at radius 2 is 2.00 bits per heavy atom. The molecule has 1 unspecified atom stereocenters. The van der Waals surface area contributed by atoms with E-state index in [-0.39, 0.29) is 5.82 Å². The monoisotopic (exact) mass is 392 g/mol. The second-order valence-electron chi connectivity index (χ2n) is 6.11. The molecule has 7 nitrogen and oxygen atoms in total. The summed E-state index contributed by atoms with van der Waals surface area (Å²) in [5, 5.41) is 12.3. The van der Waals surface area contributed by atoms with Crippen molar-refractivity contribution in [1.82, 2.24) is 25.1 Å². The average molecular weight is 392 g/mol. The molecular weight excluding hydrogens is 379 g/mol. The highest BCUT2D eigenvalue weighted by Crippen LogP contribution is 2.30. The van der Waals surface area contributed by atoms with Crippen molar-refractivity contribution >= 4 is 44.1 Å². The lowest BCUT2D eigenvalue weighted by Crippen LogP contribution is -1.97. The molecule has 0 aliphatic carbocycles. The minimum absolute atomic E-state index is 0.339. The van der Waals surface area contributed by atoms with E-state index in [9.17, 15) is 8.60 Å². The van der Waals surface area contributed by atoms with Crippen molar-refractivity contribution in [3.63, 3.8) is 0 Å². The normalized spacial score (nSPS) is 12.5. The molecule has 5 rings (SSSR count). The van der Waals surface area contributed by atoms with E-state index in [2.05, 4.69) is 30.5 Å². The van der Waals surface area contributed by atoms with Crippen molar-refractivity contribution in [2.45, 2.75) is 9.92 Å². The molecule has 3 heterocycles. The second-order valence-corrected chi connectivity index (χ2v) is 7.56. The van der Waals surface area contributed by atoms with E-state index in [1.165, 1.54) is 24.7 Å². The fourth-order valence-electron chi connectivity index (χ4n) is 3.03. The summed E-state index contributed by atoms with van der Waals surface area (Å²) < 4.78 is 26.4. The van der Waals surface area contributed by atoms with Gasteiger partial charge in [-0.05, 0) is 42.5 Å². The Balaban J connectivity index is 1.59. The van der Waals surface area contributed by atoms with E-state index in [1.54, 1.807) is 24.4 Å². The van der Waals surface area contributed by atoms with Crippen LogP contribution in [0.3, 0.4) is 0 Å². The summed E-state index contributed by atoms with van der Waals surface area (Å²) in [5.74, 6) is 0.163. The van der Waals surface area contributed by atoms with E-state index in [0.29, 0.717) is 21.1 Å². The zero-order chi connectivity index (χ0) is 19.1. The number of aromatic nitrogens is 5. The smallest absolute Gasteiger partial charge is 0.160 e. The lowest BCUT2D eigenvalue weighted by Gasteiger charge is -2.09. The van der Waals surface area contributed by atoms with Crippen LogP contribution in [-0.2, 0) is 10.8 Å². The molecule has 0 aliphatic rings. The number of benzene rings is 2. The van der Waals surface area contributed by atoms with Crippen molar-refractivity contribution in [2.75, 3.05) is 5.32 Å². The van der Waals surface area contributed by atoms with Gasteiger partial charge >= 0.3 is 0 Å². The predicted molar refractivity (Wildman–Crippen MR) is 104 cm³/mol. The third-order valence-electron chi connectivity index (χ3n) is 4.38. The molecule has 3 N–H and O–H groups in total. The molecule has 0 fully saturated rings. The number of rotatable bonds is 4. The molecule has 28 heavy (non-hydrogen) atoms. The third kappa shape index (κ3) is 2.81. The summed E-state index contributed by atoms with van der Waals surface area (Å²) in [6, 6.07) is 11.6. The van der Waals surface area contributed by atoms with Crippen molar-refractivity contribution < 1.29 is 8.60 Å². The molecule has 0 aliphatic heterocycles. The van der Waals surface area contributed by atoms with Gasteiger partial charge in [-0.1, -0.05) is 0 Å². The second kappa shape index (κ2) is 6.54. The SMILES string of the molecule is O=S(c1ccc2nccc(Nc3n[nH]c4ccc(F)cc34)c2c1)c1cnc[nH]1. The average Bonchev–Trinajstić information content (AvgIpc) is 3.38. The Hall–Kier alpha value is -3.59. The Morgan fingerprint density at radius 3 is 2.86 bits per heavy atom. The quantitative estimate of drug-likeness (QED) is 0.431. The van der Waals surface area contributed by atoms with E-state index in [4.69, 9.17) is 0 Å². The van der Waals surface area contributed by atoms with Gasteiger partial charge in [-0.25, -0.2) is 13.6 Å². The van der Waals surface area contributed by atoms with Gasteiger partial charge in [-0.2, -0.15) is 5.10 Å². The minimum atomic E-state index is -1.39. The third-order valence-corrected chi connectivity index (χ3v) is 5.68. The highest BCUT2D eigenvalue weighted by atomic mass is 32.2. The maximum Gasteiger partial charge on any atom is 0.160 e. The molecule has 0 amide bonds. The molecule has 3 aromatic heterocycles. The highest BCUT2D eigenvalue weighted by molar-refractivity contribution is 7.85. The fourth-order valence-corrected chi connectivity index (χ4v) is 4.02. The molecule has 0 spiro atoms. The van der Waals surface area contributed by atoms with Crippen molar-refractivity contribution in [1.29, 1.82) is 0 Å². The molecule has 9 heteroatoms. The van der Waals surface area contributed by atoms with Crippen LogP contribution in [0.25, 0.3) is 21.8 Å². The Morgan fingerprint density at radius 1 is 1.07 bits per heavy atom. The van der Waals surface area contributed by atoms with Crippen LogP contribution in [-0.4, -0.2) is 29.4 Å². The van der Waals surface area contributed by atoms with Gasteiger partial charge in [0.25, 0.3) is 0 Å². The maximum absolute atomic E-state index is 13.6. The zero-order valence-electron chi connectivity index (χ0n) is 14.3. The standard InChI is InChI=1S/C19H13FN6OS/c20-11-1-3-17-14(7-11)19(26-25-17)24-16-5-6-22-15-4-2-12(8-13(15)16)28(27)18-9-21-10-23-18/h1-10H,(H,21,23)(H2,22,24,25,26). The maximum atomic E-state index is 13.6. The fraction of sp³-hybridized carbons (Fsp3) is 0. The first-order valence-electron chi connectivity index (χ1n) is 8.38. The first-order chi connectivity index (χ1) is 13.7. The number of hydrogen-bond acceptors (Lipinski definition) is 5. The summed E-state index contributed by atoms with van der Waals surface area (Å²) in [6.45, 7) is 0. The van der Waals surface area contributed by atoms with Crippen molar-refractivity contribution in [3.8, 4) is 0 Å². The number of H-pyrrole nitrogens is 2. The van der Waals surface area contributed by atoms with Crippen LogP contribution in [0.4, 0.5) is 15.9 Å². The van der Waals surface area contributed by atoms with Crippen LogP contribution in [0.2, 0.25) is 0 Å². The summed E-state index contributed by atoms with van der Waals surface area (Å²) in [6.07, 6.45) is 4.70. The molecule has 0 saturated carbocycles. The summed E-state index contributed by atoms with van der Waals surface area (Å²) in [4.78, 5) is 11.8. The lowest BCUT2D eigenvalue weighted by molar-refractivity contribution is 0.630. The van der Waals surface area contributed by atoms with Crippen molar-refractivity contribution in [2.24, 2.45) is 0 Å². The van der Waals surface area contributed by atoms with Gasteiger partial charge in [0.05, 0.1) is 29.2 Å². The van der Waals surface area contributed by atoms with E-state index >= 15 is 0 Å². The largest absolute Gasteiger partial charge is 0.338 e. The molecule has 0 radical (unpaired) electrons. The minimum Gasteiger partial charge on any atom is -0.338 e. The van der Waals surface area contributed by atoms with Gasteiger partial charge in [0.2, 0.25) is 0 Å². The molecule has 0 saturated heterocycles. The van der Waals surface area contributed by atoms with E-state index in [0.717, 1.165) is 22.1 Å². The zero-order valence-corrected chi connectivity index (χ0v) is 15.1. The van der Waals surface area contributed by atoms with Gasteiger partial charge in [0, 0.05) is 21.9 Å². The van der Waals surface area contributed by atoms with Crippen LogP contribution in [0.5, 0.6) is 0 Å². The summed E-state index contributed by atoms with van der Waals surface area (Å²) >= 11 is 0. The number of fused-ring (bicyclic) bond motifs is 2. The Bertz CT molecular complexity index is 1330. The molecule has 5 aromatic rings. The molecule has 2 aromatic carbocycles. The number of nitrogens with one attached hydrogen (secondary N) is 3. The molecule has 138 valence electrons. The van der Waals surface area contributed by atoms with Gasteiger partial charge < -0.3 is 10.3 Å². The highest BCUT2D eigenvalue weighted by Gasteiger charge is 2.13. The predicted octanol–water partition coefficient (Wildman–Crippen LogP) is 3.88. The molecular formula is C19H13FN6OS. The lowest BCUT2D eigenvalue weighted by atomic mass is 10.2. The molecule has 0 bridgehead atoms. The topological polar surface area (TPSA) is 99.3 Å². The van der Waals surface area contributed by atoms with E-state index < -0.39 is 10.8 Å². The van der Waals surface area contributed by atoms with E-state index in [1.807, 2.05) is 12.1 Å². The Kier molecular flexibility index (Phi) is 3.87. The number of anilines is 2. The number of halogens is 1. The van der Waals surface area contributed by atoms with Crippen LogP contribution in [0.1, 0.15) is 0 Å². The summed E-state index contributed by atoms with van der Waals surface area (Å²) in [5.41, 5.74) is 2.19. The number of nitrogens with zero attached hydrogens (tertiary/aromatic N) is 3. The van der Waals surface area contributed by atoms with Gasteiger partial charge in [0.15, 0.2) is 5.82 Å². The van der Waals surface area contributed by atoms with Gasteiger partial charge in [0.1, 0.15) is 21.6 Å². The number of hydrogen-bond donors (Lipinski definition) is 3. The van der Waals surface area contributed by atoms with Crippen LogP contribution >= 0.6 is 0 Å². The van der Waals surface area contributed by atoms with Gasteiger partial charge in [-0.3, -0.25) is 10.1 Å². The molecule has 1 atom stereocenters. The first kappa shape index (κ1) is 16.6. The number of pyridine rings is 1.